The zero-order valence-corrected chi connectivity index (χ0v) is 13.2. The molecular weight excluding hydrogens is 284 g/mol. The Hall–Kier alpha value is -1.49. The molecule has 1 aromatic carbocycles. The minimum absolute atomic E-state index is 0.00377. The smallest absolute Gasteiger partial charge is 0.235 e. The fourth-order valence-electron chi connectivity index (χ4n) is 2.67. The number of hydrogen-bond acceptors (Lipinski definition) is 3. The lowest BCUT2D eigenvalue weighted by Crippen LogP contribution is -2.48. The molecule has 2 amide bonds. The second-order valence-corrected chi connectivity index (χ2v) is 6.13. The monoisotopic (exact) mass is 306 g/mol. The van der Waals surface area contributed by atoms with Crippen molar-refractivity contribution in [2.45, 2.75) is 37.5 Å². The highest BCUT2D eigenvalue weighted by atomic mass is 32.1. The van der Waals surface area contributed by atoms with E-state index in [1.54, 1.807) is 0 Å². The van der Waals surface area contributed by atoms with Crippen LogP contribution < -0.4 is 5.32 Å². The van der Waals surface area contributed by atoms with Gasteiger partial charge in [-0.1, -0.05) is 30.3 Å². The molecule has 1 unspecified atom stereocenters. The average molecular weight is 306 g/mol. The molecule has 0 radical (unpaired) electrons. The Balaban J connectivity index is 1.82. The number of likely N-dealkylation sites (tertiary alicyclic amines) is 1. The summed E-state index contributed by atoms with van der Waals surface area (Å²) in [6, 6.07) is 10.1. The average Bonchev–Trinajstić information content (AvgIpc) is 2.47. The van der Waals surface area contributed by atoms with Crippen LogP contribution >= 0.6 is 12.6 Å². The third-order valence-corrected chi connectivity index (χ3v) is 4.17. The van der Waals surface area contributed by atoms with Gasteiger partial charge in [-0.3, -0.25) is 9.59 Å². The maximum Gasteiger partial charge on any atom is 0.235 e. The van der Waals surface area contributed by atoms with E-state index in [0.717, 1.165) is 18.4 Å². The van der Waals surface area contributed by atoms with Gasteiger partial charge in [0, 0.05) is 26.1 Å². The van der Waals surface area contributed by atoms with E-state index in [1.165, 1.54) is 6.92 Å². The van der Waals surface area contributed by atoms with Gasteiger partial charge < -0.3 is 10.2 Å². The van der Waals surface area contributed by atoms with E-state index in [9.17, 15) is 9.59 Å². The number of amides is 2. The maximum atomic E-state index is 12.4. The highest BCUT2D eigenvalue weighted by Gasteiger charge is 2.26. The van der Waals surface area contributed by atoms with Gasteiger partial charge >= 0.3 is 0 Å². The van der Waals surface area contributed by atoms with Crippen molar-refractivity contribution >= 4 is 24.4 Å². The van der Waals surface area contributed by atoms with Crippen LogP contribution in [0.25, 0.3) is 0 Å². The molecule has 114 valence electrons. The van der Waals surface area contributed by atoms with Gasteiger partial charge in [0.15, 0.2) is 0 Å². The lowest BCUT2D eigenvalue weighted by Gasteiger charge is -2.33. The second kappa shape index (κ2) is 7.50. The number of carbonyl (C=O) groups is 2. The van der Waals surface area contributed by atoms with Crippen molar-refractivity contribution in [3.05, 3.63) is 35.9 Å². The Morgan fingerprint density at radius 1 is 1.29 bits per heavy atom. The molecule has 1 aromatic rings. The largest absolute Gasteiger partial charge is 0.353 e. The Labute approximate surface area is 131 Å². The molecule has 0 aliphatic carbocycles. The molecule has 1 aliphatic rings. The second-order valence-electron chi connectivity index (χ2n) is 5.51. The van der Waals surface area contributed by atoms with Gasteiger partial charge in [0.25, 0.3) is 0 Å². The summed E-state index contributed by atoms with van der Waals surface area (Å²) in [6.07, 6.45) is 2.28. The first-order chi connectivity index (χ1) is 10.1. The lowest BCUT2D eigenvalue weighted by molar-refractivity contribution is -0.131. The number of nitrogens with zero attached hydrogens (tertiary/aromatic N) is 1. The van der Waals surface area contributed by atoms with E-state index >= 15 is 0 Å². The van der Waals surface area contributed by atoms with Crippen molar-refractivity contribution in [3.63, 3.8) is 0 Å². The summed E-state index contributed by atoms with van der Waals surface area (Å²) in [7, 11) is 0. The Kier molecular flexibility index (Phi) is 5.67. The van der Waals surface area contributed by atoms with Crippen LogP contribution in [0.15, 0.2) is 30.3 Å². The van der Waals surface area contributed by atoms with Gasteiger partial charge in [-0.05, 0) is 24.8 Å². The van der Waals surface area contributed by atoms with Crippen molar-refractivity contribution in [1.82, 2.24) is 10.2 Å². The van der Waals surface area contributed by atoms with Crippen LogP contribution in [0.1, 0.15) is 25.3 Å². The van der Waals surface area contributed by atoms with Crippen LogP contribution in [0.3, 0.4) is 0 Å². The van der Waals surface area contributed by atoms with E-state index in [-0.39, 0.29) is 23.1 Å². The van der Waals surface area contributed by atoms with E-state index in [2.05, 4.69) is 17.9 Å². The molecule has 0 saturated carbocycles. The topological polar surface area (TPSA) is 49.4 Å². The number of benzene rings is 1. The first-order valence-electron chi connectivity index (χ1n) is 7.34. The van der Waals surface area contributed by atoms with Crippen LogP contribution in [0.5, 0.6) is 0 Å². The fraction of sp³-hybridized carbons (Fsp3) is 0.500. The predicted molar refractivity (Wildman–Crippen MR) is 86.3 cm³/mol. The standard InChI is InChI=1S/C16H22N2O2S/c1-12(19)17-14-7-9-18(10-8-14)16(20)15(21)11-13-5-3-2-4-6-13/h2-6,14-15,21H,7-11H2,1H3,(H,17,19). The summed E-state index contributed by atoms with van der Waals surface area (Å²) in [4.78, 5) is 25.3. The fourth-order valence-corrected chi connectivity index (χ4v) is 3.04. The summed E-state index contributed by atoms with van der Waals surface area (Å²) in [5, 5.41) is 2.61. The molecule has 1 N–H and O–H groups in total. The van der Waals surface area contributed by atoms with Gasteiger partial charge in [0.05, 0.1) is 5.25 Å². The van der Waals surface area contributed by atoms with Gasteiger partial charge in [-0.25, -0.2) is 0 Å². The maximum absolute atomic E-state index is 12.4. The first kappa shape index (κ1) is 15.9. The van der Waals surface area contributed by atoms with E-state index in [1.807, 2.05) is 35.2 Å². The number of carbonyl (C=O) groups excluding carboxylic acids is 2. The first-order valence-corrected chi connectivity index (χ1v) is 7.86. The van der Waals surface area contributed by atoms with E-state index in [4.69, 9.17) is 0 Å². The molecule has 2 rings (SSSR count). The van der Waals surface area contributed by atoms with Gasteiger partial charge in [0.1, 0.15) is 0 Å². The highest BCUT2D eigenvalue weighted by Crippen LogP contribution is 2.16. The van der Waals surface area contributed by atoms with Crippen molar-refractivity contribution in [3.8, 4) is 0 Å². The van der Waals surface area contributed by atoms with Crippen LogP contribution in [0, 0.1) is 0 Å². The quantitative estimate of drug-likeness (QED) is 0.831. The number of piperidine rings is 1. The summed E-state index contributed by atoms with van der Waals surface area (Å²) in [6.45, 7) is 2.91. The molecule has 0 aromatic heterocycles. The van der Waals surface area contributed by atoms with Crippen LogP contribution in [-0.2, 0) is 16.0 Å². The number of hydrogen-bond donors (Lipinski definition) is 2. The van der Waals surface area contributed by atoms with Gasteiger partial charge in [-0.15, -0.1) is 0 Å². The number of rotatable bonds is 4. The van der Waals surface area contributed by atoms with Gasteiger partial charge in [-0.2, -0.15) is 12.6 Å². The number of thiol groups is 1. The molecule has 0 bridgehead atoms. The minimum atomic E-state index is -0.301. The van der Waals surface area contributed by atoms with E-state index in [0.29, 0.717) is 19.5 Å². The SMILES string of the molecule is CC(=O)NC1CCN(C(=O)C(S)Cc2ccccc2)CC1. The highest BCUT2D eigenvalue weighted by molar-refractivity contribution is 7.81. The minimum Gasteiger partial charge on any atom is -0.353 e. The molecule has 4 nitrogen and oxygen atoms in total. The van der Waals surface area contributed by atoms with Crippen LogP contribution in [-0.4, -0.2) is 41.1 Å². The summed E-state index contributed by atoms with van der Waals surface area (Å²) >= 11 is 4.46. The predicted octanol–water partition coefficient (Wildman–Crippen LogP) is 1.65. The molecule has 5 heteroatoms. The molecule has 21 heavy (non-hydrogen) atoms. The van der Waals surface area contributed by atoms with E-state index < -0.39 is 0 Å². The van der Waals surface area contributed by atoms with Crippen molar-refractivity contribution in [1.29, 1.82) is 0 Å². The summed E-state index contributed by atoms with van der Waals surface area (Å²) in [5.41, 5.74) is 1.12. The van der Waals surface area contributed by atoms with Crippen molar-refractivity contribution < 1.29 is 9.59 Å². The number of nitrogens with one attached hydrogen (secondary N) is 1. The Morgan fingerprint density at radius 2 is 1.90 bits per heavy atom. The Bertz CT molecular complexity index is 484. The normalized spacial score (nSPS) is 17.3. The lowest BCUT2D eigenvalue weighted by atomic mass is 10.0. The molecule has 1 saturated heterocycles. The molecule has 1 aliphatic heterocycles. The molecule has 1 fully saturated rings. The Morgan fingerprint density at radius 3 is 2.48 bits per heavy atom. The van der Waals surface area contributed by atoms with Crippen molar-refractivity contribution in [2.24, 2.45) is 0 Å². The van der Waals surface area contributed by atoms with Crippen molar-refractivity contribution in [2.75, 3.05) is 13.1 Å². The third-order valence-electron chi connectivity index (χ3n) is 3.77. The van der Waals surface area contributed by atoms with Gasteiger partial charge in [0.2, 0.25) is 11.8 Å². The molecule has 1 atom stereocenters. The van der Waals surface area contributed by atoms with Crippen LogP contribution in [0.4, 0.5) is 0 Å². The zero-order chi connectivity index (χ0) is 15.2. The van der Waals surface area contributed by atoms with Crippen LogP contribution in [0.2, 0.25) is 0 Å². The molecule has 1 heterocycles. The molecular formula is C16H22N2O2S. The summed E-state index contributed by atoms with van der Waals surface area (Å²) in [5.74, 6) is 0.0828. The zero-order valence-electron chi connectivity index (χ0n) is 12.3. The third kappa shape index (κ3) is 4.77. The molecule has 0 spiro atoms. The summed E-state index contributed by atoms with van der Waals surface area (Å²) < 4.78 is 0.